The summed E-state index contributed by atoms with van der Waals surface area (Å²) in [5.74, 6) is 5.40. The summed E-state index contributed by atoms with van der Waals surface area (Å²) in [7, 11) is 2.13. The van der Waals surface area contributed by atoms with Crippen LogP contribution in [0.25, 0.3) is 10.8 Å². The third-order valence-electron chi connectivity index (χ3n) is 9.18. The van der Waals surface area contributed by atoms with E-state index in [9.17, 15) is 10.1 Å². The number of nitriles is 1. The van der Waals surface area contributed by atoms with Crippen molar-refractivity contribution in [1.82, 2.24) is 19.8 Å². The molecule has 1 aromatic heterocycles. The number of nitrogens with zero attached hydrogens (tertiary/aromatic N) is 7. The van der Waals surface area contributed by atoms with Crippen molar-refractivity contribution in [2.75, 3.05) is 62.8 Å². The van der Waals surface area contributed by atoms with Crippen molar-refractivity contribution in [3.8, 4) is 23.9 Å². The second-order valence-electron chi connectivity index (χ2n) is 11.9. The minimum Gasteiger partial charge on any atom is -0.462 e. The fourth-order valence-corrected chi connectivity index (χ4v) is 6.83. The largest absolute Gasteiger partial charge is 0.462 e. The monoisotopic (exact) mass is 593 g/mol. The predicted molar refractivity (Wildman–Crippen MR) is 169 cm³/mol. The molecule has 4 heterocycles. The highest BCUT2D eigenvalue weighted by Crippen LogP contribution is 2.36. The van der Waals surface area contributed by atoms with Gasteiger partial charge >= 0.3 is 6.01 Å². The number of likely N-dealkylation sites (N-methyl/N-ethyl adjacent to an activating group) is 1. The smallest absolute Gasteiger partial charge is 0.318 e. The van der Waals surface area contributed by atoms with E-state index in [0.29, 0.717) is 44.8 Å². The number of amides is 1. The first-order valence-electron chi connectivity index (χ1n) is 15.4. The topological polar surface area (TPSA) is 109 Å². The van der Waals surface area contributed by atoms with Crippen molar-refractivity contribution < 1.29 is 14.6 Å². The number of carbonyl (C=O) groups is 1. The van der Waals surface area contributed by atoms with Crippen molar-refractivity contribution in [2.45, 2.75) is 51.2 Å². The highest BCUT2D eigenvalue weighted by atomic mass is 16.5. The molecule has 3 aromatic rings. The molecule has 0 spiro atoms. The van der Waals surface area contributed by atoms with Gasteiger partial charge in [-0.1, -0.05) is 36.3 Å². The van der Waals surface area contributed by atoms with Gasteiger partial charge in [0.2, 0.25) is 0 Å². The quantitative estimate of drug-likeness (QED) is 0.432. The highest BCUT2D eigenvalue weighted by Gasteiger charge is 2.34. The molecule has 3 aliphatic heterocycles. The standard InChI is InChI=1S/C34H39N7O3/c1-24-7-3-8-25-9-4-11-30(32(24)25)39-17-14-28-29(22-39)36-34(44-23-27-10-5-16-38(27)2)37-33(28)40-18-19-41(26(21-40)13-15-35)31(43)12-6-20-42/h3-4,7-9,11,26-27,42H,5,10,13-14,16-23H2,1-2H3. The Morgan fingerprint density at radius 3 is 2.70 bits per heavy atom. The van der Waals surface area contributed by atoms with Gasteiger partial charge in [-0.15, -0.1) is 0 Å². The molecular formula is C34H39N7O3. The van der Waals surface area contributed by atoms with Gasteiger partial charge in [0.05, 0.1) is 30.8 Å². The zero-order valence-electron chi connectivity index (χ0n) is 25.5. The van der Waals surface area contributed by atoms with E-state index in [0.717, 1.165) is 49.4 Å². The van der Waals surface area contributed by atoms with E-state index in [2.05, 4.69) is 83.0 Å². The fourth-order valence-electron chi connectivity index (χ4n) is 6.83. The molecule has 0 bridgehead atoms. The van der Waals surface area contributed by atoms with Gasteiger partial charge in [-0.25, -0.2) is 0 Å². The van der Waals surface area contributed by atoms with Crippen LogP contribution in [0.5, 0.6) is 6.01 Å². The second kappa shape index (κ2) is 13.1. The number of aromatic nitrogens is 2. The number of anilines is 2. The Bertz CT molecular complexity index is 1640. The molecule has 10 nitrogen and oxygen atoms in total. The number of piperazine rings is 1. The summed E-state index contributed by atoms with van der Waals surface area (Å²) in [6, 6.07) is 15.5. The van der Waals surface area contributed by atoms with Gasteiger partial charge in [0.15, 0.2) is 0 Å². The first kappa shape index (κ1) is 29.7. The zero-order valence-corrected chi connectivity index (χ0v) is 25.5. The Labute approximate surface area is 258 Å². The average molecular weight is 594 g/mol. The number of hydrogen-bond acceptors (Lipinski definition) is 9. The number of fused-ring (bicyclic) bond motifs is 2. The molecular weight excluding hydrogens is 554 g/mol. The zero-order chi connectivity index (χ0) is 30.6. The van der Waals surface area contributed by atoms with Crippen molar-refractivity contribution in [3.63, 3.8) is 0 Å². The lowest BCUT2D eigenvalue weighted by Crippen LogP contribution is -2.55. The van der Waals surface area contributed by atoms with E-state index in [-0.39, 0.29) is 25.0 Å². The number of benzene rings is 2. The van der Waals surface area contributed by atoms with Crippen LogP contribution in [0, 0.1) is 30.1 Å². The van der Waals surface area contributed by atoms with E-state index in [1.54, 1.807) is 4.90 Å². The van der Waals surface area contributed by atoms with Crippen LogP contribution in [0.2, 0.25) is 0 Å². The molecule has 2 aromatic carbocycles. The van der Waals surface area contributed by atoms with Crippen LogP contribution >= 0.6 is 0 Å². The molecule has 44 heavy (non-hydrogen) atoms. The summed E-state index contributed by atoms with van der Waals surface area (Å²) in [4.78, 5) is 31.3. The highest BCUT2D eigenvalue weighted by molar-refractivity contribution is 5.97. The van der Waals surface area contributed by atoms with Crippen LogP contribution in [-0.4, -0.2) is 95.9 Å². The summed E-state index contributed by atoms with van der Waals surface area (Å²) in [5, 5.41) is 21.1. The van der Waals surface area contributed by atoms with Gasteiger partial charge in [-0.05, 0) is 62.7 Å². The van der Waals surface area contributed by atoms with Gasteiger partial charge in [-0.3, -0.25) is 4.79 Å². The Kier molecular flexibility index (Phi) is 8.83. The number of carbonyl (C=O) groups excluding carboxylic acids is 1. The van der Waals surface area contributed by atoms with Gasteiger partial charge < -0.3 is 29.4 Å². The summed E-state index contributed by atoms with van der Waals surface area (Å²) in [5.41, 5.74) is 4.49. The lowest BCUT2D eigenvalue weighted by molar-refractivity contribution is -0.127. The van der Waals surface area contributed by atoms with Crippen molar-refractivity contribution in [3.05, 3.63) is 53.2 Å². The number of ether oxygens (including phenoxy) is 1. The van der Waals surface area contributed by atoms with E-state index >= 15 is 0 Å². The van der Waals surface area contributed by atoms with Gasteiger partial charge in [-0.2, -0.15) is 15.2 Å². The minimum atomic E-state index is -0.378. The van der Waals surface area contributed by atoms with Crippen LogP contribution in [-0.2, 0) is 17.8 Å². The summed E-state index contributed by atoms with van der Waals surface area (Å²) in [6.07, 6.45) is 3.20. The van der Waals surface area contributed by atoms with Crippen LogP contribution in [0.4, 0.5) is 11.5 Å². The summed E-state index contributed by atoms with van der Waals surface area (Å²) in [6.45, 7) is 6.25. The molecule has 2 atom stereocenters. The molecule has 0 aliphatic carbocycles. The van der Waals surface area contributed by atoms with E-state index in [1.165, 1.54) is 22.0 Å². The molecule has 1 N–H and O–H groups in total. The Morgan fingerprint density at radius 1 is 1.09 bits per heavy atom. The van der Waals surface area contributed by atoms with Gasteiger partial charge in [0.25, 0.3) is 5.91 Å². The lowest BCUT2D eigenvalue weighted by atomic mass is 9.99. The normalized spacial score (nSPS) is 20.2. The average Bonchev–Trinajstić information content (AvgIpc) is 3.46. The molecule has 3 aliphatic rings. The third kappa shape index (κ3) is 6.01. The maximum atomic E-state index is 12.8. The van der Waals surface area contributed by atoms with Crippen LogP contribution < -0.4 is 14.5 Å². The Hall–Kier alpha value is -4.38. The third-order valence-corrected chi connectivity index (χ3v) is 9.18. The summed E-state index contributed by atoms with van der Waals surface area (Å²) >= 11 is 0. The van der Waals surface area contributed by atoms with Crippen molar-refractivity contribution in [1.29, 1.82) is 5.26 Å². The molecule has 2 fully saturated rings. The molecule has 10 heteroatoms. The lowest BCUT2D eigenvalue weighted by Gasteiger charge is -2.41. The number of rotatable bonds is 6. The second-order valence-corrected chi connectivity index (χ2v) is 11.9. The number of aliphatic hydroxyl groups excluding tert-OH is 1. The minimum absolute atomic E-state index is 0.182. The molecule has 0 saturated carbocycles. The molecule has 6 rings (SSSR count). The van der Waals surface area contributed by atoms with E-state index in [4.69, 9.17) is 19.8 Å². The maximum Gasteiger partial charge on any atom is 0.318 e. The maximum absolute atomic E-state index is 12.8. The molecule has 1 amide bonds. The Balaban J connectivity index is 1.33. The molecule has 2 saturated heterocycles. The number of hydrogen-bond donors (Lipinski definition) is 1. The van der Waals surface area contributed by atoms with E-state index in [1.807, 2.05) is 0 Å². The van der Waals surface area contributed by atoms with Crippen LogP contribution in [0.15, 0.2) is 36.4 Å². The molecule has 2 unspecified atom stereocenters. The summed E-state index contributed by atoms with van der Waals surface area (Å²) < 4.78 is 6.30. The SMILES string of the molecule is Cc1cccc2cccc(N3CCc4c(nc(OCC5CCCN5C)nc4N4CCN(C(=O)C#CCO)C(CC#N)C4)C3)c12. The van der Waals surface area contributed by atoms with E-state index < -0.39 is 0 Å². The number of likely N-dealkylation sites (tertiary alicyclic amines) is 1. The van der Waals surface area contributed by atoms with Gasteiger partial charge in [0.1, 0.15) is 19.0 Å². The molecule has 228 valence electrons. The van der Waals surface area contributed by atoms with Crippen molar-refractivity contribution >= 4 is 28.2 Å². The molecule has 0 radical (unpaired) electrons. The Morgan fingerprint density at radius 2 is 1.93 bits per heavy atom. The number of aliphatic hydroxyl groups is 1. The fraction of sp³-hybridized carbons (Fsp3) is 0.471. The van der Waals surface area contributed by atoms with Crippen molar-refractivity contribution in [2.24, 2.45) is 0 Å². The van der Waals surface area contributed by atoms with Crippen LogP contribution in [0.3, 0.4) is 0 Å². The first-order chi connectivity index (χ1) is 21.5. The van der Waals surface area contributed by atoms with Crippen LogP contribution in [0.1, 0.15) is 36.1 Å². The number of aryl methyl sites for hydroxylation is 1. The van der Waals surface area contributed by atoms with Gasteiger partial charge in [0, 0.05) is 48.9 Å². The first-order valence-corrected chi connectivity index (χ1v) is 15.4. The predicted octanol–water partition coefficient (Wildman–Crippen LogP) is 2.90.